The van der Waals surface area contributed by atoms with Crippen molar-refractivity contribution >= 4 is 33.0 Å². The van der Waals surface area contributed by atoms with Crippen LogP contribution in [-0.4, -0.2) is 34.3 Å². The third-order valence-corrected chi connectivity index (χ3v) is 5.72. The van der Waals surface area contributed by atoms with Gasteiger partial charge in [-0.15, -0.1) is 5.10 Å². The molecule has 1 aromatic carbocycles. The van der Waals surface area contributed by atoms with E-state index in [0.29, 0.717) is 6.61 Å². The van der Waals surface area contributed by atoms with Gasteiger partial charge in [-0.3, -0.25) is 0 Å². The monoisotopic (exact) mass is 376 g/mol. The predicted octanol–water partition coefficient (Wildman–Crippen LogP) is 4.32. The quantitative estimate of drug-likeness (QED) is 0.668. The number of morpholine rings is 1. The van der Waals surface area contributed by atoms with Crippen LogP contribution >= 0.6 is 22.9 Å². The van der Waals surface area contributed by atoms with Crippen LogP contribution in [0.5, 0.6) is 0 Å². The van der Waals surface area contributed by atoms with Crippen LogP contribution in [0.3, 0.4) is 0 Å². The molecule has 25 heavy (non-hydrogen) atoms. The molecule has 1 aliphatic rings. The highest BCUT2D eigenvalue weighted by Crippen LogP contribution is 2.33. The minimum Gasteiger partial charge on any atom is -0.370 e. The molecule has 1 unspecified atom stereocenters. The van der Waals surface area contributed by atoms with Crippen molar-refractivity contribution < 1.29 is 4.74 Å². The second kappa shape index (κ2) is 6.27. The van der Waals surface area contributed by atoms with Crippen molar-refractivity contribution in [2.45, 2.75) is 32.3 Å². The Bertz CT molecular complexity index is 866. The topological polar surface area (TPSA) is 42.7 Å². The number of imidazole rings is 1. The standard InChI is InChI=1S/C18H21ClN4OS/c1-18(2,3)15-11-23-16(20-15)25-17(21-23)22-8-9-24-14(10-22)12-6-4-5-7-13(12)19/h4-7,11,14H,8-10H2,1-3H3. The van der Waals surface area contributed by atoms with Crippen LogP contribution in [0.1, 0.15) is 38.1 Å². The van der Waals surface area contributed by atoms with Gasteiger partial charge in [-0.2, -0.15) is 0 Å². The molecule has 3 aromatic rings. The Balaban J connectivity index is 1.58. The molecule has 0 aliphatic carbocycles. The lowest BCUT2D eigenvalue weighted by molar-refractivity contribution is 0.0398. The van der Waals surface area contributed by atoms with Gasteiger partial charge in [-0.1, -0.05) is 61.9 Å². The first-order valence-corrected chi connectivity index (χ1v) is 9.59. The Morgan fingerprint density at radius 1 is 1.28 bits per heavy atom. The van der Waals surface area contributed by atoms with Crippen LogP contribution < -0.4 is 4.90 Å². The number of fused-ring (bicyclic) bond motifs is 1. The second-order valence-corrected chi connectivity index (χ2v) is 8.66. The van der Waals surface area contributed by atoms with E-state index >= 15 is 0 Å². The van der Waals surface area contributed by atoms with Gasteiger partial charge in [0, 0.05) is 22.5 Å². The normalized spacial score (nSPS) is 18.9. The van der Waals surface area contributed by atoms with Crippen molar-refractivity contribution in [3.05, 3.63) is 46.7 Å². The number of ether oxygens (including phenoxy) is 1. The number of benzene rings is 1. The van der Waals surface area contributed by atoms with E-state index in [-0.39, 0.29) is 11.5 Å². The number of hydrogen-bond acceptors (Lipinski definition) is 5. The van der Waals surface area contributed by atoms with Gasteiger partial charge in [0.05, 0.1) is 25.0 Å². The van der Waals surface area contributed by atoms with E-state index in [1.165, 1.54) is 0 Å². The van der Waals surface area contributed by atoms with Crippen molar-refractivity contribution in [1.82, 2.24) is 14.6 Å². The lowest BCUT2D eigenvalue weighted by atomic mass is 9.93. The molecule has 0 spiro atoms. The fourth-order valence-electron chi connectivity index (χ4n) is 2.93. The average Bonchev–Trinajstić information content (AvgIpc) is 3.14. The number of anilines is 1. The molecule has 0 radical (unpaired) electrons. The van der Waals surface area contributed by atoms with Gasteiger partial charge in [0.1, 0.15) is 6.10 Å². The van der Waals surface area contributed by atoms with E-state index < -0.39 is 0 Å². The first-order chi connectivity index (χ1) is 11.9. The molecular weight excluding hydrogens is 356 g/mol. The molecule has 7 heteroatoms. The maximum Gasteiger partial charge on any atom is 0.214 e. The first kappa shape index (κ1) is 16.8. The fraction of sp³-hybridized carbons (Fsp3) is 0.444. The van der Waals surface area contributed by atoms with E-state index in [9.17, 15) is 0 Å². The van der Waals surface area contributed by atoms with Crippen LogP contribution in [0.2, 0.25) is 5.02 Å². The maximum absolute atomic E-state index is 6.33. The molecule has 0 N–H and O–H groups in total. The summed E-state index contributed by atoms with van der Waals surface area (Å²) in [6, 6.07) is 7.87. The second-order valence-electron chi connectivity index (χ2n) is 7.31. The van der Waals surface area contributed by atoms with Gasteiger partial charge in [0.15, 0.2) is 0 Å². The van der Waals surface area contributed by atoms with E-state index in [2.05, 4.69) is 25.7 Å². The lowest BCUT2D eigenvalue weighted by Crippen LogP contribution is -2.38. The van der Waals surface area contributed by atoms with Gasteiger partial charge in [-0.25, -0.2) is 9.50 Å². The van der Waals surface area contributed by atoms with E-state index in [1.807, 2.05) is 35.0 Å². The van der Waals surface area contributed by atoms with Gasteiger partial charge in [0.25, 0.3) is 0 Å². The van der Waals surface area contributed by atoms with Crippen molar-refractivity contribution in [1.29, 1.82) is 0 Å². The molecule has 132 valence electrons. The molecule has 1 aliphatic heterocycles. The summed E-state index contributed by atoms with van der Waals surface area (Å²) in [5.74, 6) is 0. The average molecular weight is 377 g/mol. The Morgan fingerprint density at radius 2 is 2.08 bits per heavy atom. The summed E-state index contributed by atoms with van der Waals surface area (Å²) in [5, 5.41) is 6.45. The first-order valence-electron chi connectivity index (χ1n) is 8.39. The third kappa shape index (κ3) is 3.26. The van der Waals surface area contributed by atoms with Gasteiger partial charge in [-0.05, 0) is 6.07 Å². The Kier molecular flexibility index (Phi) is 4.22. The molecule has 2 aromatic heterocycles. The zero-order chi connectivity index (χ0) is 17.6. The molecule has 1 fully saturated rings. The highest BCUT2D eigenvalue weighted by Gasteiger charge is 2.27. The highest BCUT2D eigenvalue weighted by atomic mass is 35.5. The van der Waals surface area contributed by atoms with Crippen LogP contribution in [0.25, 0.3) is 4.96 Å². The Hall–Kier alpha value is -1.63. The van der Waals surface area contributed by atoms with E-state index in [0.717, 1.165) is 39.5 Å². The number of halogens is 1. The molecular formula is C18H21ClN4OS. The van der Waals surface area contributed by atoms with Gasteiger partial charge >= 0.3 is 0 Å². The molecule has 1 saturated heterocycles. The summed E-state index contributed by atoms with van der Waals surface area (Å²) in [6.45, 7) is 8.71. The van der Waals surface area contributed by atoms with Crippen LogP contribution in [0, 0.1) is 0 Å². The summed E-state index contributed by atoms with van der Waals surface area (Å²) >= 11 is 7.95. The smallest absolute Gasteiger partial charge is 0.214 e. The van der Waals surface area contributed by atoms with Gasteiger partial charge < -0.3 is 9.64 Å². The van der Waals surface area contributed by atoms with Crippen molar-refractivity contribution in [2.24, 2.45) is 0 Å². The number of aromatic nitrogens is 3. The molecule has 4 rings (SSSR count). The van der Waals surface area contributed by atoms with Crippen LogP contribution in [0.15, 0.2) is 30.5 Å². The number of nitrogens with zero attached hydrogens (tertiary/aromatic N) is 4. The minimum atomic E-state index is -0.0381. The minimum absolute atomic E-state index is 0.0295. The maximum atomic E-state index is 6.33. The number of hydrogen-bond donors (Lipinski definition) is 0. The molecule has 0 amide bonds. The van der Waals surface area contributed by atoms with E-state index in [1.54, 1.807) is 11.3 Å². The summed E-state index contributed by atoms with van der Waals surface area (Å²) < 4.78 is 7.83. The zero-order valence-electron chi connectivity index (χ0n) is 14.6. The summed E-state index contributed by atoms with van der Waals surface area (Å²) in [4.78, 5) is 7.92. The largest absolute Gasteiger partial charge is 0.370 e. The summed E-state index contributed by atoms with van der Waals surface area (Å²) in [7, 11) is 0. The van der Waals surface area contributed by atoms with Crippen molar-refractivity contribution in [3.8, 4) is 0 Å². The molecule has 0 saturated carbocycles. The summed E-state index contributed by atoms with van der Waals surface area (Å²) in [6.07, 6.45) is 1.99. The van der Waals surface area contributed by atoms with Crippen molar-refractivity contribution in [3.63, 3.8) is 0 Å². The van der Waals surface area contributed by atoms with E-state index in [4.69, 9.17) is 26.4 Å². The SMILES string of the molecule is CC(C)(C)c1cn2nc(N3CCOC(c4ccccc4Cl)C3)sc2n1. The highest BCUT2D eigenvalue weighted by molar-refractivity contribution is 7.20. The molecule has 3 heterocycles. The zero-order valence-corrected chi connectivity index (χ0v) is 16.1. The molecule has 0 bridgehead atoms. The lowest BCUT2D eigenvalue weighted by Gasteiger charge is -2.33. The van der Waals surface area contributed by atoms with Crippen molar-refractivity contribution in [2.75, 3.05) is 24.6 Å². The molecule has 5 nitrogen and oxygen atoms in total. The van der Waals surface area contributed by atoms with Crippen LogP contribution in [0.4, 0.5) is 5.13 Å². The Morgan fingerprint density at radius 3 is 2.80 bits per heavy atom. The third-order valence-electron chi connectivity index (χ3n) is 4.39. The Labute approximate surface area is 156 Å². The summed E-state index contributed by atoms with van der Waals surface area (Å²) in [5.41, 5.74) is 2.13. The van der Waals surface area contributed by atoms with Gasteiger partial charge in [0.2, 0.25) is 10.1 Å². The molecule has 1 atom stereocenters. The predicted molar refractivity (Wildman–Crippen MR) is 102 cm³/mol. The van der Waals surface area contributed by atoms with Crippen LogP contribution in [-0.2, 0) is 10.2 Å². The number of rotatable bonds is 2. The fourth-order valence-corrected chi connectivity index (χ4v) is 4.10.